The normalized spacial score (nSPS) is 16.2. The van der Waals surface area contributed by atoms with Crippen LogP contribution in [-0.4, -0.2) is 17.1 Å². The molecule has 1 fully saturated rings. The molecule has 0 spiro atoms. The number of thiocarbonyl (C=S) groups is 1. The van der Waals surface area contributed by atoms with Crippen molar-refractivity contribution in [3.05, 3.63) is 33.4 Å². The van der Waals surface area contributed by atoms with Crippen LogP contribution in [0.1, 0.15) is 48.9 Å². The number of halogens is 1. The van der Waals surface area contributed by atoms with Gasteiger partial charge in [-0.15, -0.1) is 0 Å². The highest BCUT2D eigenvalue weighted by atomic mass is 127. The summed E-state index contributed by atoms with van der Waals surface area (Å²) in [7, 11) is 0. The lowest BCUT2D eigenvalue weighted by Gasteiger charge is -2.18. The summed E-state index contributed by atoms with van der Waals surface area (Å²) in [5.41, 5.74) is 0.665. The van der Waals surface area contributed by atoms with Crippen LogP contribution in [0.2, 0.25) is 0 Å². The maximum absolute atomic E-state index is 12.1. The topological polar surface area (TPSA) is 41.1 Å². The third-order valence-electron chi connectivity index (χ3n) is 3.54. The van der Waals surface area contributed by atoms with E-state index in [4.69, 9.17) is 12.2 Å². The number of hydrogen-bond acceptors (Lipinski definition) is 2. The Hall–Kier alpha value is -0.690. The smallest absolute Gasteiger partial charge is 0.258 e. The standard InChI is InChI=1S/C15H19IN2OS/c16-13-10-6-5-9-12(13)14(19)18-15(20)17-11-7-3-1-2-4-8-11/h5-6,9-11H,1-4,7-8H2,(H2,17,18,19,20). The molecule has 108 valence electrons. The number of rotatable bonds is 2. The molecule has 5 heteroatoms. The van der Waals surface area contributed by atoms with Gasteiger partial charge in [0.25, 0.3) is 5.91 Å². The molecule has 0 radical (unpaired) electrons. The molecule has 0 unspecified atom stereocenters. The number of carbonyl (C=O) groups is 1. The Morgan fingerprint density at radius 1 is 1.15 bits per heavy atom. The third kappa shape index (κ3) is 4.70. The molecule has 2 rings (SSSR count). The highest BCUT2D eigenvalue weighted by Gasteiger charge is 2.15. The summed E-state index contributed by atoms with van der Waals surface area (Å²) in [6.45, 7) is 0. The van der Waals surface area contributed by atoms with E-state index in [0.717, 1.165) is 16.4 Å². The summed E-state index contributed by atoms with van der Waals surface area (Å²) in [4.78, 5) is 12.1. The zero-order valence-electron chi connectivity index (χ0n) is 11.3. The number of carbonyl (C=O) groups excluding carboxylic acids is 1. The molecule has 0 heterocycles. The minimum atomic E-state index is -0.138. The first-order chi connectivity index (χ1) is 9.66. The van der Waals surface area contributed by atoms with E-state index in [1.807, 2.05) is 24.3 Å². The van der Waals surface area contributed by atoms with Crippen molar-refractivity contribution in [1.29, 1.82) is 0 Å². The van der Waals surface area contributed by atoms with Crippen LogP contribution in [-0.2, 0) is 0 Å². The van der Waals surface area contributed by atoms with Crippen LogP contribution in [0.4, 0.5) is 0 Å². The lowest BCUT2D eigenvalue weighted by atomic mass is 10.1. The summed E-state index contributed by atoms with van der Waals surface area (Å²) in [6.07, 6.45) is 7.37. The van der Waals surface area contributed by atoms with Gasteiger partial charge in [0.1, 0.15) is 0 Å². The van der Waals surface area contributed by atoms with Gasteiger partial charge < -0.3 is 5.32 Å². The van der Waals surface area contributed by atoms with Gasteiger partial charge in [-0.25, -0.2) is 0 Å². The molecule has 0 aromatic heterocycles. The van der Waals surface area contributed by atoms with Crippen LogP contribution < -0.4 is 10.6 Å². The van der Waals surface area contributed by atoms with Crippen molar-refractivity contribution in [3.8, 4) is 0 Å². The highest BCUT2D eigenvalue weighted by Crippen LogP contribution is 2.17. The molecule has 20 heavy (non-hydrogen) atoms. The van der Waals surface area contributed by atoms with Gasteiger partial charge in [-0.05, 0) is 59.8 Å². The van der Waals surface area contributed by atoms with Gasteiger partial charge in [-0.1, -0.05) is 37.8 Å². The fraction of sp³-hybridized carbons (Fsp3) is 0.467. The Bertz CT molecular complexity index is 485. The molecule has 1 aliphatic carbocycles. The molecule has 1 aromatic rings. The van der Waals surface area contributed by atoms with Gasteiger partial charge in [0, 0.05) is 9.61 Å². The van der Waals surface area contributed by atoms with E-state index in [1.165, 1.54) is 25.7 Å². The first-order valence-corrected chi connectivity index (χ1v) is 8.52. The fourth-order valence-corrected chi connectivity index (χ4v) is 3.35. The second-order valence-corrected chi connectivity index (χ2v) is 6.67. The number of amides is 1. The number of hydrogen-bond donors (Lipinski definition) is 2. The largest absolute Gasteiger partial charge is 0.360 e. The van der Waals surface area contributed by atoms with E-state index in [9.17, 15) is 4.79 Å². The summed E-state index contributed by atoms with van der Waals surface area (Å²) in [5, 5.41) is 6.50. The molecule has 0 bridgehead atoms. The van der Waals surface area contributed by atoms with Gasteiger partial charge in [0.2, 0.25) is 0 Å². The Kier molecular flexibility index (Phi) is 6.22. The zero-order valence-corrected chi connectivity index (χ0v) is 14.3. The van der Waals surface area contributed by atoms with Crippen LogP contribution in [0.15, 0.2) is 24.3 Å². The van der Waals surface area contributed by atoms with Crippen molar-refractivity contribution < 1.29 is 4.79 Å². The van der Waals surface area contributed by atoms with E-state index in [1.54, 1.807) is 0 Å². The number of nitrogens with one attached hydrogen (secondary N) is 2. The summed E-state index contributed by atoms with van der Waals surface area (Å²) >= 11 is 7.41. The van der Waals surface area contributed by atoms with Gasteiger partial charge in [-0.2, -0.15) is 0 Å². The summed E-state index contributed by atoms with van der Waals surface area (Å²) in [5.74, 6) is -0.138. The van der Waals surface area contributed by atoms with Gasteiger partial charge >= 0.3 is 0 Å². The number of benzene rings is 1. The fourth-order valence-electron chi connectivity index (χ4n) is 2.46. The van der Waals surface area contributed by atoms with Gasteiger partial charge in [0.15, 0.2) is 5.11 Å². The Morgan fingerprint density at radius 3 is 2.45 bits per heavy atom. The highest BCUT2D eigenvalue weighted by molar-refractivity contribution is 14.1. The van der Waals surface area contributed by atoms with E-state index in [0.29, 0.717) is 16.7 Å². The maximum atomic E-state index is 12.1. The Morgan fingerprint density at radius 2 is 1.80 bits per heavy atom. The first kappa shape index (κ1) is 15.7. The molecule has 3 nitrogen and oxygen atoms in total. The van der Waals surface area contributed by atoms with Crippen LogP contribution >= 0.6 is 34.8 Å². The third-order valence-corrected chi connectivity index (χ3v) is 4.70. The average Bonchev–Trinajstić information content (AvgIpc) is 2.67. The molecule has 0 aliphatic heterocycles. The Balaban J connectivity index is 1.87. The first-order valence-electron chi connectivity index (χ1n) is 7.03. The minimum absolute atomic E-state index is 0.138. The summed E-state index contributed by atoms with van der Waals surface area (Å²) < 4.78 is 0.930. The lowest BCUT2D eigenvalue weighted by molar-refractivity contribution is 0.0975. The summed E-state index contributed by atoms with van der Waals surface area (Å²) in [6, 6.07) is 7.91. The second-order valence-electron chi connectivity index (χ2n) is 5.10. The van der Waals surface area contributed by atoms with Crippen LogP contribution in [0.25, 0.3) is 0 Å². The molecule has 1 amide bonds. The van der Waals surface area contributed by atoms with Crippen molar-refractivity contribution in [2.75, 3.05) is 0 Å². The SMILES string of the molecule is O=C(NC(=S)NC1CCCCCC1)c1ccccc1I. The predicted octanol–water partition coefficient (Wildman–Crippen LogP) is 3.62. The van der Waals surface area contributed by atoms with E-state index in [2.05, 4.69) is 33.2 Å². The van der Waals surface area contributed by atoms with E-state index in [-0.39, 0.29) is 5.91 Å². The van der Waals surface area contributed by atoms with Crippen LogP contribution in [0.5, 0.6) is 0 Å². The zero-order chi connectivity index (χ0) is 14.4. The predicted molar refractivity (Wildman–Crippen MR) is 93.8 cm³/mol. The van der Waals surface area contributed by atoms with Gasteiger partial charge in [-0.3, -0.25) is 10.1 Å². The quantitative estimate of drug-likeness (QED) is 0.451. The minimum Gasteiger partial charge on any atom is -0.360 e. The molecule has 0 atom stereocenters. The van der Waals surface area contributed by atoms with Crippen LogP contribution in [0.3, 0.4) is 0 Å². The van der Waals surface area contributed by atoms with Crippen molar-refractivity contribution in [1.82, 2.24) is 10.6 Å². The maximum Gasteiger partial charge on any atom is 0.258 e. The van der Waals surface area contributed by atoms with Crippen molar-refractivity contribution >= 4 is 45.8 Å². The van der Waals surface area contributed by atoms with E-state index >= 15 is 0 Å². The Labute approximate surface area is 139 Å². The van der Waals surface area contributed by atoms with E-state index < -0.39 is 0 Å². The molecular formula is C15H19IN2OS. The molecule has 0 saturated heterocycles. The van der Waals surface area contributed by atoms with Crippen molar-refractivity contribution in [3.63, 3.8) is 0 Å². The van der Waals surface area contributed by atoms with Gasteiger partial charge in [0.05, 0.1) is 5.56 Å². The van der Waals surface area contributed by atoms with Crippen molar-refractivity contribution in [2.24, 2.45) is 0 Å². The van der Waals surface area contributed by atoms with Crippen LogP contribution in [0, 0.1) is 3.57 Å². The molecule has 1 aromatic carbocycles. The van der Waals surface area contributed by atoms with Crippen molar-refractivity contribution in [2.45, 2.75) is 44.6 Å². The molecule has 1 saturated carbocycles. The monoisotopic (exact) mass is 402 g/mol. The molecule has 1 aliphatic rings. The average molecular weight is 402 g/mol. The lowest BCUT2D eigenvalue weighted by Crippen LogP contribution is -2.44. The molecule has 2 N–H and O–H groups in total. The second kappa shape index (κ2) is 7.93. The molecular weight excluding hydrogens is 383 g/mol.